The van der Waals surface area contributed by atoms with Crippen LogP contribution < -0.4 is 0 Å². The lowest BCUT2D eigenvalue weighted by Crippen LogP contribution is -2.06. The summed E-state index contributed by atoms with van der Waals surface area (Å²) in [5.41, 5.74) is 0.658. The van der Waals surface area contributed by atoms with Crippen LogP contribution in [0.2, 0.25) is 0 Å². The lowest BCUT2D eigenvalue weighted by atomic mass is 10.3. The topological polar surface area (TPSA) is 78.1 Å². The average molecular weight is 219 g/mol. The van der Waals surface area contributed by atoms with Gasteiger partial charge in [-0.3, -0.25) is 4.98 Å². The van der Waals surface area contributed by atoms with Crippen LogP contribution in [0.3, 0.4) is 0 Å². The fourth-order valence-corrected chi connectivity index (χ4v) is 1.11. The van der Waals surface area contributed by atoms with Gasteiger partial charge >= 0.3 is 5.97 Å². The summed E-state index contributed by atoms with van der Waals surface area (Å²) in [4.78, 5) is 19.1. The molecule has 0 aromatic carbocycles. The number of aromatic nitrogens is 3. The second kappa shape index (κ2) is 4.52. The van der Waals surface area contributed by atoms with Crippen molar-refractivity contribution in [3.63, 3.8) is 0 Å². The Kier molecular flexibility index (Phi) is 2.90. The monoisotopic (exact) mass is 219 g/mol. The highest BCUT2D eigenvalue weighted by Gasteiger charge is 2.16. The molecular weight excluding hydrogens is 210 g/mol. The van der Waals surface area contributed by atoms with Crippen LogP contribution in [0.15, 0.2) is 29.0 Å². The predicted octanol–water partition coefficient (Wildman–Crippen LogP) is 1.31. The Hall–Kier alpha value is -2.24. The molecule has 6 heteroatoms. The van der Waals surface area contributed by atoms with Gasteiger partial charge < -0.3 is 9.26 Å². The molecule has 0 aliphatic heterocycles. The molecule has 82 valence electrons. The van der Waals surface area contributed by atoms with E-state index >= 15 is 0 Å². The van der Waals surface area contributed by atoms with E-state index < -0.39 is 5.97 Å². The first kappa shape index (κ1) is 10.3. The third-order valence-corrected chi connectivity index (χ3v) is 1.79. The molecule has 0 saturated carbocycles. The van der Waals surface area contributed by atoms with E-state index in [-0.39, 0.29) is 18.3 Å². The Morgan fingerprint density at radius 1 is 1.56 bits per heavy atom. The Labute approximate surface area is 91.3 Å². The van der Waals surface area contributed by atoms with Crippen molar-refractivity contribution in [3.05, 3.63) is 30.4 Å². The van der Waals surface area contributed by atoms with Gasteiger partial charge in [-0.05, 0) is 24.2 Å². The Morgan fingerprint density at radius 3 is 3.12 bits per heavy atom. The lowest BCUT2D eigenvalue weighted by molar-refractivity contribution is 0.0508. The highest BCUT2D eigenvalue weighted by atomic mass is 16.5. The van der Waals surface area contributed by atoms with E-state index in [1.807, 2.05) is 0 Å². The lowest BCUT2D eigenvalue weighted by Gasteiger charge is -1.93. The van der Waals surface area contributed by atoms with Crippen molar-refractivity contribution < 1.29 is 14.1 Å². The van der Waals surface area contributed by atoms with Crippen molar-refractivity contribution in [1.82, 2.24) is 15.1 Å². The molecule has 2 rings (SSSR count). The molecule has 2 aromatic rings. The smallest absolute Gasteiger partial charge is 0.379 e. The first-order valence-electron chi connectivity index (χ1n) is 4.72. The maximum Gasteiger partial charge on any atom is 0.379 e. The van der Waals surface area contributed by atoms with Gasteiger partial charge in [-0.1, -0.05) is 0 Å². The van der Waals surface area contributed by atoms with Crippen molar-refractivity contribution in [3.8, 4) is 11.5 Å². The minimum atomic E-state index is -0.596. The highest BCUT2D eigenvalue weighted by molar-refractivity contribution is 5.85. The van der Waals surface area contributed by atoms with Crippen molar-refractivity contribution in [2.24, 2.45) is 0 Å². The Balaban J connectivity index is 2.23. The second-order valence-electron chi connectivity index (χ2n) is 2.89. The van der Waals surface area contributed by atoms with E-state index in [0.29, 0.717) is 5.56 Å². The molecule has 0 aliphatic rings. The zero-order chi connectivity index (χ0) is 11.4. The van der Waals surface area contributed by atoms with Crippen LogP contribution in [0.5, 0.6) is 0 Å². The van der Waals surface area contributed by atoms with Crippen LogP contribution in [-0.2, 0) is 4.74 Å². The van der Waals surface area contributed by atoms with Crippen molar-refractivity contribution in [1.29, 1.82) is 0 Å². The predicted molar refractivity (Wildman–Crippen MR) is 53.5 cm³/mol. The summed E-state index contributed by atoms with van der Waals surface area (Å²) in [7, 11) is 0. The molecule has 0 bridgehead atoms. The van der Waals surface area contributed by atoms with E-state index in [0.717, 1.165) is 0 Å². The summed E-state index contributed by atoms with van der Waals surface area (Å²) in [6.45, 7) is 1.98. The van der Waals surface area contributed by atoms with Gasteiger partial charge in [0.1, 0.15) is 0 Å². The quantitative estimate of drug-likeness (QED) is 0.724. The minimum absolute atomic E-state index is 0.0827. The fourth-order valence-electron chi connectivity index (χ4n) is 1.11. The van der Waals surface area contributed by atoms with Crippen molar-refractivity contribution >= 4 is 5.97 Å². The Morgan fingerprint density at radius 2 is 2.44 bits per heavy atom. The number of esters is 1. The molecule has 2 aromatic heterocycles. The number of rotatable bonds is 3. The third kappa shape index (κ3) is 2.05. The van der Waals surface area contributed by atoms with Gasteiger partial charge in [0.05, 0.1) is 12.2 Å². The summed E-state index contributed by atoms with van der Waals surface area (Å²) in [6.07, 6.45) is 3.20. The molecule has 6 nitrogen and oxygen atoms in total. The average Bonchev–Trinajstić information content (AvgIpc) is 2.80. The van der Waals surface area contributed by atoms with E-state index in [1.54, 1.807) is 31.5 Å². The van der Waals surface area contributed by atoms with Gasteiger partial charge in [0.2, 0.25) is 0 Å². The van der Waals surface area contributed by atoms with Crippen LogP contribution >= 0.6 is 0 Å². The van der Waals surface area contributed by atoms with Gasteiger partial charge in [-0.15, -0.1) is 0 Å². The number of ether oxygens (including phenoxy) is 1. The molecule has 0 unspecified atom stereocenters. The van der Waals surface area contributed by atoms with E-state index in [9.17, 15) is 4.79 Å². The molecular formula is C10H9N3O3. The molecule has 2 heterocycles. The molecule has 0 spiro atoms. The summed E-state index contributed by atoms with van der Waals surface area (Å²) < 4.78 is 9.65. The number of hydrogen-bond acceptors (Lipinski definition) is 6. The number of carbonyl (C=O) groups excluding carboxylic acids is 1. The van der Waals surface area contributed by atoms with Crippen LogP contribution in [0.1, 0.15) is 17.5 Å². The molecule has 0 fully saturated rings. The fraction of sp³-hybridized carbons (Fsp3) is 0.200. The van der Waals surface area contributed by atoms with E-state index in [4.69, 9.17) is 9.26 Å². The first-order valence-corrected chi connectivity index (χ1v) is 4.72. The van der Waals surface area contributed by atoms with Crippen molar-refractivity contribution in [2.45, 2.75) is 6.92 Å². The summed E-state index contributed by atoms with van der Waals surface area (Å²) in [6, 6.07) is 3.50. The molecule has 0 radical (unpaired) electrons. The molecule has 0 amide bonds. The zero-order valence-electron chi connectivity index (χ0n) is 8.58. The number of pyridine rings is 1. The minimum Gasteiger partial charge on any atom is -0.460 e. The number of nitrogens with zero attached hydrogens (tertiary/aromatic N) is 3. The molecule has 0 aliphatic carbocycles. The number of carbonyl (C=O) groups is 1. The van der Waals surface area contributed by atoms with Gasteiger partial charge in [-0.25, -0.2) is 4.79 Å². The number of hydrogen-bond donors (Lipinski definition) is 0. The van der Waals surface area contributed by atoms with Crippen LogP contribution in [-0.4, -0.2) is 27.7 Å². The molecule has 16 heavy (non-hydrogen) atoms. The molecule has 0 saturated heterocycles. The first-order chi connectivity index (χ1) is 7.81. The van der Waals surface area contributed by atoms with Crippen LogP contribution in [0.25, 0.3) is 11.5 Å². The van der Waals surface area contributed by atoms with Gasteiger partial charge in [-0.2, -0.15) is 4.98 Å². The highest BCUT2D eigenvalue weighted by Crippen LogP contribution is 2.15. The zero-order valence-corrected chi connectivity index (χ0v) is 8.58. The third-order valence-electron chi connectivity index (χ3n) is 1.79. The Bertz CT molecular complexity index is 481. The van der Waals surface area contributed by atoms with Gasteiger partial charge in [0.25, 0.3) is 11.7 Å². The van der Waals surface area contributed by atoms with Gasteiger partial charge in [0, 0.05) is 12.4 Å². The van der Waals surface area contributed by atoms with Crippen LogP contribution in [0, 0.1) is 0 Å². The van der Waals surface area contributed by atoms with E-state index in [2.05, 4.69) is 15.1 Å². The van der Waals surface area contributed by atoms with Crippen LogP contribution in [0.4, 0.5) is 0 Å². The largest absolute Gasteiger partial charge is 0.460 e. The SMILES string of the molecule is CCOC(=O)c1noc(-c2cccnc2)n1. The van der Waals surface area contributed by atoms with Crippen molar-refractivity contribution in [2.75, 3.05) is 6.61 Å². The summed E-state index contributed by atoms with van der Waals surface area (Å²) in [5, 5.41) is 3.52. The maximum atomic E-state index is 11.3. The standard InChI is InChI=1S/C10H9N3O3/c1-2-15-10(14)8-12-9(16-13-8)7-4-3-5-11-6-7/h3-6H,2H2,1H3. The second-order valence-corrected chi connectivity index (χ2v) is 2.89. The normalized spacial score (nSPS) is 10.1. The maximum absolute atomic E-state index is 11.3. The summed E-state index contributed by atoms with van der Waals surface area (Å²) >= 11 is 0. The van der Waals surface area contributed by atoms with Gasteiger partial charge in [0.15, 0.2) is 0 Å². The van der Waals surface area contributed by atoms with E-state index in [1.165, 1.54) is 0 Å². The molecule has 0 N–H and O–H groups in total. The molecule has 0 atom stereocenters. The summed E-state index contributed by atoms with van der Waals surface area (Å²) in [5.74, 6) is -0.432.